The molecule has 1 amide bonds. The summed E-state index contributed by atoms with van der Waals surface area (Å²) in [5.41, 5.74) is 2.58. The van der Waals surface area contributed by atoms with Gasteiger partial charge in [0.15, 0.2) is 11.5 Å². The van der Waals surface area contributed by atoms with Crippen LogP contribution in [0.1, 0.15) is 23.1 Å². The van der Waals surface area contributed by atoms with Gasteiger partial charge in [0.05, 0.1) is 7.11 Å². The van der Waals surface area contributed by atoms with E-state index in [1.54, 1.807) is 30.3 Å². The largest absolute Gasteiger partial charge is 0.493 e. The average molecular weight is 574 g/mol. The third-order valence-electron chi connectivity index (χ3n) is 5.12. The first-order valence-electron chi connectivity index (χ1n) is 10.8. The molecule has 8 heteroatoms. The summed E-state index contributed by atoms with van der Waals surface area (Å²) < 4.78 is 12.0. The van der Waals surface area contributed by atoms with Gasteiger partial charge in [-0.1, -0.05) is 75.5 Å². The van der Waals surface area contributed by atoms with E-state index < -0.39 is 5.91 Å². The number of methoxy groups -OCH3 is 1. The quantitative estimate of drug-likeness (QED) is 0.161. The second-order valence-corrected chi connectivity index (χ2v) is 9.26. The number of ether oxygens (including phenoxy) is 2. The molecule has 180 valence electrons. The Morgan fingerprint density at radius 3 is 2.57 bits per heavy atom. The van der Waals surface area contributed by atoms with Gasteiger partial charge in [-0.2, -0.15) is 5.26 Å². The number of nitriles is 1. The molecule has 0 radical (unpaired) electrons. The molecular weight excluding hydrogens is 551 g/mol. The van der Waals surface area contributed by atoms with Gasteiger partial charge in [-0.15, -0.1) is 0 Å². The molecular formula is C27H23BrCl2N2O3. The minimum absolute atomic E-state index is 0.00548. The summed E-state index contributed by atoms with van der Waals surface area (Å²) >= 11 is 15.7. The van der Waals surface area contributed by atoms with Gasteiger partial charge in [0.1, 0.15) is 18.2 Å². The van der Waals surface area contributed by atoms with E-state index in [1.807, 2.05) is 36.4 Å². The Kier molecular flexibility index (Phi) is 10.0. The van der Waals surface area contributed by atoms with E-state index in [0.717, 1.165) is 18.4 Å². The number of aryl methyl sites for hydroxylation is 1. The Morgan fingerprint density at radius 1 is 1.11 bits per heavy atom. The fraction of sp³-hybridized carbons (Fsp3) is 0.185. The summed E-state index contributed by atoms with van der Waals surface area (Å²) in [4.78, 5) is 12.5. The van der Waals surface area contributed by atoms with Crippen molar-refractivity contribution in [1.29, 1.82) is 5.26 Å². The molecule has 0 heterocycles. The SMILES string of the molecule is COc1cc(/C=C(/C#N)C(=O)NCCCc2ccccc2)c(Br)cc1OCc1ccc(Cl)cc1Cl. The molecule has 0 aromatic heterocycles. The van der Waals surface area contributed by atoms with Gasteiger partial charge >= 0.3 is 0 Å². The van der Waals surface area contributed by atoms with Gasteiger partial charge in [0, 0.05) is 26.6 Å². The first-order chi connectivity index (χ1) is 16.9. The van der Waals surface area contributed by atoms with Crippen molar-refractivity contribution in [2.45, 2.75) is 19.4 Å². The van der Waals surface area contributed by atoms with Crippen molar-refractivity contribution in [3.8, 4) is 17.6 Å². The summed E-state index contributed by atoms with van der Waals surface area (Å²) in [7, 11) is 1.52. The van der Waals surface area contributed by atoms with Crippen molar-refractivity contribution in [2.75, 3.05) is 13.7 Å². The van der Waals surface area contributed by atoms with E-state index in [9.17, 15) is 10.1 Å². The van der Waals surface area contributed by atoms with Crippen molar-refractivity contribution < 1.29 is 14.3 Å². The molecule has 0 bridgehead atoms. The molecule has 0 saturated carbocycles. The Bertz CT molecular complexity index is 1260. The first-order valence-corrected chi connectivity index (χ1v) is 12.3. The second-order valence-electron chi connectivity index (χ2n) is 7.56. The lowest BCUT2D eigenvalue weighted by atomic mass is 10.1. The molecule has 0 fully saturated rings. The summed E-state index contributed by atoms with van der Waals surface area (Å²) in [6.07, 6.45) is 3.13. The number of amides is 1. The van der Waals surface area contributed by atoms with Crippen molar-refractivity contribution in [1.82, 2.24) is 5.32 Å². The zero-order valence-electron chi connectivity index (χ0n) is 19.0. The molecule has 0 unspecified atom stereocenters. The van der Waals surface area contributed by atoms with Crippen LogP contribution >= 0.6 is 39.1 Å². The Labute approximate surface area is 223 Å². The van der Waals surface area contributed by atoms with Crippen molar-refractivity contribution in [3.05, 3.63) is 97.4 Å². The molecule has 0 spiro atoms. The van der Waals surface area contributed by atoms with Crippen molar-refractivity contribution in [3.63, 3.8) is 0 Å². The Hall–Kier alpha value is -2.98. The maximum atomic E-state index is 12.5. The van der Waals surface area contributed by atoms with Gasteiger partial charge in [-0.3, -0.25) is 4.79 Å². The number of halogens is 3. The molecule has 0 aliphatic rings. The van der Waals surface area contributed by atoms with E-state index in [2.05, 4.69) is 21.2 Å². The van der Waals surface area contributed by atoms with Crippen LogP contribution in [0.2, 0.25) is 10.0 Å². The molecule has 0 atom stereocenters. The number of hydrogen-bond acceptors (Lipinski definition) is 4. The number of nitrogens with one attached hydrogen (secondary N) is 1. The third kappa shape index (κ3) is 7.76. The van der Waals surface area contributed by atoms with Crippen LogP contribution in [0.5, 0.6) is 11.5 Å². The van der Waals surface area contributed by atoms with Crippen LogP contribution in [0.3, 0.4) is 0 Å². The third-order valence-corrected chi connectivity index (χ3v) is 6.39. The predicted octanol–water partition coefficient (Wildman–Crippen LogP) is 7.00. The lowest BCUT2D eigenvalue weighted by Gasteiger charge is -2.14. The highest BCUT2D eigenvalue weighted by Gasteiger charge is 2.14. The summed E-state index contributed by atoms with van der Waals surface area (Å²) in [5, 5.41) is 13.4. The Balaban J connectivity index is 1.67. The minimum Gasteiger partial charge on any atom is -0.493 e. The minimum atomic E-state index is -0.427. The normalized spacial score (nSPS) is 11.0. The van der Waals surface area contributed by atoms with E-state index in [1.165, 1.54) is 18.7 Å². The number of carbonyl (C=O) groups excluding carboxylic acids is 1. The highest BCUT2D eigenvalue weighted by atomic mass is 79.9. The molecule has 1 N–H and O–H groups in total. The predicted molar refractivity (Wildman–Crippen MR) is 143 cm³/mol. The number of carbonyl (C=O) groups is 1. The zero-order chi connectivity index (χ0) is 25.2. The summed E-state index contributed by atoms with van der Waals surface area (Å²) in [6.45, 7) is 0.681. The molecule has 35 heavy (non-hydrogen) atoms. The highest BCUT2D eigenvalue weighted by Crippen LogP contribution is 2.35. The maximum Gasteiger partial charge on any atom is 0.261 e. The lowest BCUT2D eigenvalue weighted by Crippen LogP contribution is -2.25. The van der Waals surface area contributed by atoms with Gasteiger partial charge in [0.25, 0.3) is 5.91 Å². The lowest BCUT2D eigenvalue weighted by molar-refractivity contribution is -0.117. The fourth-order valence-electron chi connectivity index (χ4n) is 3.27. The molecule has 0 saturated heterocycles. The van der Waals surface area contributed by atoms with Gasteiger partial charge in [0.2, 0.25) is 0 Å². The Morgan fingerprint density at radius 2 is 1.89 bits per heavy atom. The van der Waals surface area contributed by atoms with Crippen LogP contribution in [0.25, 0.3) is 6.08 Å². The molecule has 5 nitrogen and oxygen atoms in total. The van der Waals surface area contributed by atoms with E-state index in [-0.39, 0.29) is 12.2 Å². The van der Waals surface area contributed by atoms with E-state index in [0.29, 0.717) is 38.1 Å². The average Bonchev–Trinajstić information content (AvgIpc) is 2.86. The van der Waals surface area contributed by atoms with Crippen molar-refractivity contribution in [2.24, 2.45) is 0 Å². The van der Waals surface area contributed by atoms with Gasteiger partial charge < -0.3 is 14.8 Å². The van der Waals surface area contributed by atoms with Crippen LogP contribution in [0.4, 0.5) is 0 Å². The van der Waals surface area contributed by atoms with E-state index >= 15 is 0 Å². The topological polar surface area (TPSA) is 71.3 Å². The molecule has 0 aliphatic carbocycles. The van der Waals surface area contributed by atoms with E-state index in [4.69, 9.17) is 32.7 Å². The zero-order valence-corrected chi connectivity index (χ0v) is 22.1. The highest BCUT2D eigenvalue weighted by molar-refractivity contribution is 9.10. The molecule has 3 aromatic carbocycles. The molecule has 3 aromatic rings. The smallest absolute Gasteiger partial charge is 0.261 e. The van der Waals surface area contributed by atoms with Crippen LogP contribution in [-0.2, 0) is 17.8 Å². The maximum absolute atomic E-state index is 12.5. The molecule has 3 rings (SSSR count). The van der Waals surface area contributed by atoms with Crippen LogP contribution < -0.4 is 14.8 Å². The van der Waals surface area contributed by atoms with Crippen LogP contribution in [0.15, 0.2) is 70.7 Å². The number of hydrogen-bond donors (Lipinski definition) is 1. The van der Waals surface area contributed by atoms with Gasteiger partial charge in [-0.05, 0) is 54.3 Å². The summed E-state index contributed by atoms with van der Waals surface area (Å²) in [6, 6.07) is 20.6. The fourth-order valence-corrected chi connectivity index (χ4v) is 4.17. The monoisotopic (exact) mass is 572 g/mol. The van der Waals surface area contributed by atoms with Crippen LogP contribution in [0, 0.1) is 11.3 Å². The second kappa shape index (κ2) is 13.2. The first kappa shape index (κ1) is 26.6. The number of benzene rings is 3. The standard InChI is InChI=1S/C27H23BrCl2N2O3/c1-34-25-13-20(23(28)15-26(25)35-17-19-9-10-22(29)14-24(19)30)12-21(16-31)27(33)32-11-5-8-18-6-3-2-4-7-18/h2-4,6-7,9-10,12-15H,5,8,11,17H2,1H3,(H,32,33)/b21-12-. The van der Waals surface area contributed by atoms with Crippen molar-refractivity contribution >= 4 is 51.1 Å². The van der Waals surface area contributed by atoms with Gasteiger partial charge in [-0.25, -0.2) is 0 Å². The van der Waals surface area contributed by atoms with Crippen LogP contribution in [-0.4, -0.2) is 19.6 Å². The summed E-state index contributed by atoms with van der Waals surface area (Å²) in [5.74, 6) is 0.501. The number of rotatable bonds is 10. The molecule has 0 aliphatic heterocycles. The number of nitrogens with zero attached hydrogens (tertiary/aromatic N) is 1.